The van der Waals surface area contributed by atoms with E-state index in [4.69, 9.17) is 21.7 Å². The summed E-state index contributed by atoms with van der Waals surface area (Å²) in [6.07, 6.45) is 4.32. The molecule has 2 N–H and O–H groups in total. The number of carbonyl (C=O) groups excluding carboxylic acids is 1. The second kappa shape index (κ2) is 9.47. The second-order valence-corrected chi connectivity index (χ2v) is 5.95. The summed E-state index contributed by atoms with van der Waals surface area (Å²) >= 11 is 5.26. The highest BCUT2D eigenvalue weighted by molar-refractivity contribution is 7.80. The number of unbranched alkanes of at least 4 members (excludes halogenated alkanes) is 1. The lowest BCUT2D eigenvalue weighted by molar-refractivity contribution is 0.0500. The summed E-state index contributed by atoms with van der Waals surface area (Å²) in [7, 11) is 0. The van der Waals surface area contributed by atoms with Crippen LogP contribution in [0.4, 0.5) is 5.69 Å². The second-order valence-electron chi connectivity index (χ2n) is 5.54. The Labute approximate surface area is 142 Å². The van der Waals surface area contributed by atoms with Crippen molar-refractivity contribution in [2.75, 3.05) is 25.1 Å². The molecule has 1 atom stereocenters. The standard InChI is InChI=1S/C17H24N2O3S/c1-2-3-10-22-16(20)13-6-8-14(9-7-13)19-17(23)18-12-15-5-4-11-21-15/h6-9,15H,2-5,10-12H2,1H3,(H2,18,19,23). The molecule has 0 saturated carbocycles. The van der Waals surface area contributed by atoms with E-state index < -0.39 is 0 Å². The van der Waals surface area contributed by atoms with Crippen LogP contribution in [-0.4, -0.2) is 36.9 Å². The van der Waals surface area contributed by atoms with E-state index in [9.17, 15) is 4.79 Å². The molecule has 1 heterocycles. The van der Waals surface area contributed by atoms with Crippen molar-refractivity contribution in [1.29, 1.82) is 0 Å². The Morgan fingerprint density at radius 1 is 1.39 bits per heavy atom. The van der Waals surface area contributed by atoms with Crippen LogP contribution in [0.1, 0.15) is 43.0 Å². The SMILES string of the molecule is CCCCOC(=O)c1ccc(NC(=S)NCC2CCCO2)cc1. The highest BCUT2D eigenvalue weighted by Crippen LogP contribution is 2.12. The molecule has 126 valence electrons. The van der Waals surface area contributed by atoms with Gasteiger partial charge in [-0.15, -0.1) is 0 Å². The Balaban J connectivity index is 1.75. The molecule has 1 fully saturated rings. The fraction of sp³-hybridized carbons (Fsp3) is 0.529. The van der Waals surface area contributed by atoms with Crippen molar-refractivity contribution in [3.05, 3.63) is 29.8 Å². The van der Waals surface area contributed by atoms with Crippen LogP contribution in [0, 0.1) is 0 Å². The molecule has 1 aliphatic rings. The zero-order valence-corrected chi connectivity index (χ0v) is 14.3. The van der Waals surface area contributed by atoms with E-state index in [0.717, 1.165) is 38.0 Å². The summed E-state index contributed by atoms with van der Waals surface area (Å²) in [5.41, 5.74) is 1.38. The predicted octanol–water partition coefficient (Wildman–Crippen LogP) is 3.11. The molecular weight excluding hydrogens is 312 g/mol. The molecule has 1 aliphatic heterocycles. The first-order valence-electron chi connectivity index (χ1n) is 8.12. The van der Waals surface area contributed by atoms with Crippen LogP contribution in [0.3, 0.4) is 0 Å². The molecule has 6 heteroatoms. The molecule has 0 aromatic heterocycles. The third-order valence-corrected chi connectivity index (χ3v) is 3.87. The van der Waals surface area contributed by atoms with Gasteiger partial charge in [-0.1, -0.05) is 13.3 Å². The fourth-order valence-electron chi connectivity index (χ4n) is 2.27. The maximum atomic E-state index is 11.8. The van der Waals surface area contributed by atoms with E-state index >= 15 is 0 Å². The lowest BCUT2D eigenvalue weighted by Gasteiger charge is -2.14. The molecule has 0 spiro atoms. The Kier molecular flexibility index (Phi) is 7.29. The average molecular weight is 336 g/mol. The van der Waals surface area contributed by atoms with Crippen LogP contribution in [-0.2, 0) is 9.47 Å². The zero-order valence-electron chi connectivity index (χ0n) is 13.5. The topological polar surface area (TPSA) is 59.6 Å². The van der Waals surface area contributed by atoms with Gasteiger partial charge in [-0.25, -0.2) is 4.79 Å². The van der Waals surface area contributed by atoms with Crippen molar-refractivity contribution in [3.8, 4) is 0 Å². The predicted molar refractivity (Wildman–Crippen MR) is 94.8 cm³/mol. The van der Waals surface area contributed by atoms with Crippen LogP contribution in [0.15, 0.2) is 24.3 Å². The van der Waals surface area contributed by atoms with Gasteiger partial charge in [-0.3, -0.25) is 0 Å². The summed E-state index contributed by atoms with van der Waals surface area (Å²) in [6.45, 7) is 4.08. The minimum atomic E-state index is -0.288. The van der Waals surface area contributed by atoms with Gasteiger partial charge < -0.3 is 20.1 Å². The minimum absolute atomic E-state index is 0.245. The molecule has 1 aromatic carbocycles. The Morgan fingerprint density at radius 2 is 2.17 bits per heavy atom. The van der Waals surface area contributed by atoms with Crippen LogP contribution in [0.5, 0.6) is 0 Å². The van der Waals surface area contributed by atoms with E-state index in [1.807, 2.05) is 12.1 Å². The molecule has 1 unspecified atom stereocenters. The molecule has 0 aliphatic carbocycles. The third-order valence-electron chi connectivity index (χ3n) is 3.62. The first-order valence-corrected chi connectivity index (χ1v) is 8.53. The number of thiocarbonyl (C=S) groups is 1. The van der Waals surface area contributed by atoms with Crippen molar-refractivity contribution in [2.45, 2.75) is 38.7 Å². The molecule has 0 bridgehead atoms. The highest BCUT2D eigenvalue weighted by Gasteiger charge is 2.15. The Bertz CT molecular complexity index is 513. The number of carbonyl (C=O) groups is 1. The summed E-state index contributed by atoms with van der Waals surface area (Å²) in [4.78, 5) is 11.8. The molecule has 23 heavy (non-hydrogen) atoms. The Hall–Kier alpha value is -1.66. The first kappa shape index (κ1) is 17.7. The van der Waals surface area contributed by atoms with Crippen LogP contribution >= 0.6 is 12.2 Å². The van der Waals surface area contributed by atoms with E-state index in [2.05, 4.69) is 17.6 Å². The number of rotatable bonds is 7. The monoisotopic (exact) mass is 336 g/mol. The minimum Gasteiger partial charge on any atom is -0.462 e. The number of ether oxygens (including phenoxy) is 2. The van der Waals surface area contributed by atoms with Crippen LogP contribution in [0.25, 0.3) is 0 Å². The summed E-state index contributed by atoms with van der Waals surface area (Å²) < 4.78 is 10.7. The van der Waals surface area contributed by atoms with Gasteiger partial charge in [0.15, 0.2) is 5.11 Å². The Morgan fingerprint density at radius 3 is 2.83 bits per heavy atom. The smallest absolute Gasteiger partial charge is 0.338 e. The lowest BCUT2D eigenvalue weighted by atomic mass is 10.2. The van der Waals surface area contributed by atoms with Gasteiger partial charge in [0.1, 0.15) is 0 Å². The molecule has 0 radical (unpaired) electrons. The number of nitrogens with one attached hydrogen (secondary N) is 2. The van der Waals surface area contributed by atoms with Crippen molar-refractivity contribution in [1.82, 2.24) is 5.32 Å². The van der Waals surface area contributed by atoms with E-state index in [0.29, 0.717) is 23.8 Å². The van der Waals surface area contributed by atoms with Gasteiger partial charge in [0.25, 0.3) is 0 Å². The van der Waals surface area contributed by atoms with Crippen LogP contribution in [0.2, 0.25) is 0 Å². The number of benzene rings is 1. The van der Waals surface area contributed by atoms with Gasteiger partial charge in [-0.2, -0.15) is 0 Å². The van der Waals surface area contributed by atoms with E-state index in [1.165, 1.54) is 0 Å². The number of esters is 1. The van der Waals surface area contributed by atoms with Crippen molar-refractivity contribution >= 4 is 29.0 Å². The van der Waals surface area contributed by atoms with Gasteiger partial charge in [-0.05, 0) is 55.7 Å². The van der Waals surface area contributed by atoms with Crippen LogP contribution < -0.4 is 10.6 Å². The summed E-state index contributed by atoms with van der Waals surface area (Å²) in [6, 6.07) is 7.10. The highest BCUT2D eigenvalue weighted by atomic mass is 32.1. The van der Waals surface area contributed by atoms with Gasteiger partial charge in [0.2, 0.25) is 0 Å². The van der Waals surface area contributed by atoms with E-state index in [1.54, 1.807) is 12.1 Å². The van der Waals surface area contributed by atoms with Gasteiger partial charge in [0.05, 0.1) is 18.3 Å². The first-order chi connectivity index (χ1) is 11.2. The maximum absolute atomic E-state index is 11.8. The molecule has 5 nitrogen and oxygen atoms in total. The molecule has 2 rings (SSSR count). The average Bonchev–Trinajstić information content (AvgIpc) is 3.07. The third kappa shape index (κ3) is 6.15. The van der Waals surface area contributed by atoms with Crippen molar-refractivity contribution < 1.29 is 14.3 Å². The fourth-order valence-corrected chi connectivity index (χ4v) is 2.47. The summed E-state index contributed by atoms with van der Waals surface area (Å²) in [5.74, 6) is -0.288. The van der Waals surface area contributed by atoms with E-state index in [-0.39, 0.29) is 12.1 Å². The van der Waals surface area contributed by atoms with Crippen molar-refractivity contribution in [2.24, 2.45) is 0 Å². The largest absolute Gasteiger partial charge is 0.462 e. The number of hydrogen-bond donors (Lipinski definition) is 2. The zero-order chi connectivity index (χ0) is 16.5. The quantitative estimate of drug-likeness (QED) is 0.453. The molecule has 1 saturated heterocycles. The normalized spacial score (nSPS) is 16.8. The van der Waals surface area contributed by atoms with Gasteiger partial charge in [0, 0.05) is 18.8 Å². The lowest BCUT2D eigenvalue weighted by Crippen LogP contribution is -2.34. The molecular formula is C17H24N2O3S. The molecule has 0 amide bonds. The number of anilines is 1. The van der Waals surface area contributed by atoms with Crippen molar-refractivity contribution in [3.63, 3.8) is 0 Å². The maximum Gasteiger partial charge on any atom is 0.338 e. The van der Waals surface area contributed by atoms with Gasteiger partial charge >= 0.3 is 5.97 Å². The summed E-state index contributed by atoms with van der Waals surface area (Å²) in [5, 5.41) is 6.80. The number of hydrogen-bond acceptors (Lipinski definition) is 4. The molecule has 1 aromatic rings.